The molecule has 0 saturated carbocycles. The molecule has 0 aromatic heterocycles. The molecule has 0 saturated heterocycles. The van der Waals surface area contributed by atoms with Gasteiger partial charge in [-0.05, 0) is 105 Å². The lowest BCUT2D eigenvalue weighted by Gasteiger charge is -2.30. The third-order valence-electron chi connectivity index (χ3n) is 11.7. The zero-order valence-corrected chi connectivity index (χ0v) is 34.0. The van der Waals surface area contributed by atoms with Crippen molar-refractivity contribution in [2.24, 2.45) is 0 Å². The third kappa shape index (κ3) is 7.37. The number of alkyl halides is 6. The highest BCUT2D eigenvalue weighted by molar-refractivity contribution is 6.28. The first kappa shape index (κ1) is 42.1. The Morgan fingerprint density at radius 3 is 1.02 bits per heavy atom. The molecule has 0 N–H and O–H groups in total. The van der Waals surface area contributed by atoms with Gasteiger partial charge in [-0.25, -0.2) is 17.6 Å². The van der Waals surface area contributed by atoms with Crippen LogP contribution in [-0.4, -0.2) is 0 Å². The van der Waals surface area contributed by atoms with Gasteiger partial charge in [0.25, 0.3) is 0 Å². The van der Waals surface area contributed by atoms with Crippen LogP contribution in [-0.2, 0) is 12.4 Å². The van der Waals surface area contributed by atoms with Crippen molar-refractivity contribution in [3.8, 4) is 22.3 Å². The summed E-state index contributed by atoms with van der Waals surface area (Å²) in [7, 11) is 0. The fraction of sp³-hybridized carbons (Fsp3) is 0.0370. The van der Waals surface area contributed by atoms with E-state index in [0.29, 0.717) is 45.7 Å². The summed E-state index contributed by atoms with van der Waals surface area (Å²) in [5.41, 5.74) is -0.133. The van der Waals surface area contributed by atoms with Crippen LogP contribution in [0.3, 0.4) is 0 Å². The van der Waals surface area contributed by atoms with Crippen LogP contribution >= 0.6 is 0 Å². The molecule has 0 atom stereocenters. The highest BCUT2D eigenvalue weighted by Crippen LogP contribution is 2.49. The molecule has 0 unspecified atom stereocenters. The van der Waals surface area contributed by atoms with E-state index in [9.17, 15) is 26.3 Å². The summed E-state index contributed by atoms with van der Waals surface area (Å²) in [6, 6.07) is 44.1. The molecule has 66 heavy (non-hydrogen) atoms. The van der Waals surface area contributed by atoms with Gasteiger partial charge in [0.1, 0.15) is 23.3 Å². The summed E-state index contributed by atoms with van der Waals surface area (Å²) in [6.45, 7) is 0. The lowest BCUT2D eigenvalue weighted by atomic mass is 9.91. The molecule has 12 heteroatoms. The maximum absolute atomic E-state index is 16.4. The smallest absolute Gasteiger partial charge is 0.307 e. The Morgan fingerprint density at radius 2 is 0.667 bits per heavy atom. The lowest BCUT2D eigenvalue weighted by molar-refractivity contribution is -0.138. The van der Waals surface area contributed by atoms with E-state index < -0.39 is 46.7 Å². The number of halogens is 10. The number of hydrogen-bond acceptors (Lipinski definition) is 2. The molecular weight excluding hydrogens is 867 g/mol. The lowest BCUT2D eigenvalue weighted by Crippen LogP contribution is -2.14. The molecule has 0 heterocycles. The van der Waals surface area contributed by atoms with Crippen molar-refractivity contribution in [1.29, 1.82) is 0 Å². The molecule has 10 aromatic carbocycles. The molecular formula is C54H30F10N2. The van der Waals surface area contributed by atoms with Crippen LogP contribution in [0.15, 0.2) is 182 Å². The van der Waals surface area contributed by atoms with E-state index in [-0.39, 0.29) is 33.6 Å². The Hall–Kier alpha value is -7.86. The topological polar surface area (TPSA) is 6.48 Å². The molecule has 0 aliphatic heterocycles. The summed E-state index contributed by atoms with van der Waals surface area (Å²) in [5.74, 6) is -3.82. The van der Waals surface area contributed by atoms with Crippen LogP contribution < -0.4 is 9.80 Å². The average molecular weight is 897 g/mol. The summed E-state index contributed by atoms with van der Waals surface area (Å²) < 4.78 is 145. The summed E-state index contributed by atoms with van der Waals surface area (Å²) in [5, 5.41) is 4.30. The van der Waals surface area contributed by atoms with Crippen molar-refractivity contribution in [3.05, 3.63) is 216 Å². The second kappa shape index (κ2) is 16.0. The van der Waals surface area contributed by atoms with E-state index in [4.69, 9.17) is 0 Å². The molecule has 0 amide bonds. The number of hydrogen-bond donors (Lipinski definition) is 0. The standard InChI is InChI=1S/C54H30F10N2/c55-43-29-45(57)49(27-41(43)31-11-19-35(20-12-31)53(59,60)61)65(37-7-3-1-4-8-37)47-25-17-33-16-24-40-48(26-18-34-15-23-39(47)51(33)52(34)40)66(38-9-5-2-6-10-38)50-28-42(44(56)30-46(50)58)32-13-21-36(22-14-32)54(62,63)64/h1-30H. The van der Waals surface area contributed by atoms with Gasteiger partial charge in [-0.2, -0.15) is 26.3 Å². The van der Waals surface area contributed by atoms with Gasteiger partial charge in [-0.3, -0.25) is 0 Å². The number of rotatable bonds is 8. The van der Waals surface area contributed by atoms with Gasteiger partial charge in [-0.15, -0.1) is 0 Å². The SMILES string of the molecule is Fc1cc(F)c(N(c2ccccc2)c2ccc3ccc4c(N(c5ccccc5)c5cc(-c6ccc(C(F)(F)F)cc6)c(F)cc5F)ccc5ccc2c3c54)cc1-c1ccc(C(F)(F)F)cc1. The van der Waals surface area contributed by atoms with E-state index in [0.717, 1.165) is 70.1 Å². The summed E-state index contributed by atoms with van der Waals surface area (Å²) >= 11 is 0. The maximum Gasteiger partial charge on any atom is 0.416 e. The van der Waals surface area contributed by atoms with Crippen LogP contribution in [0.2, 0.25) is 0 Å². The van der Waals surface area contributed by atoms with Crippen molar-refractivity contribution < 1.29 is 43.9 Å². The number of anilines is 6. The first-order valence-corrected chi connectivity index (χ1v) is 20.4. The van der Waals surface area contributed by atoms with Crippen molar-refractivity contribution in [3.63, 3.8) is 0 Å². The normalized spacial score (nSPS) is 12.1. The van der Waals surface area contributed by atoms with Crippen LogP contribution in [0.5, 0.6) is 0 Å². The van der Waals surface area contributed by atoms with Crippen LogP contribution in [0, 0.1) is 23.3 Å². The zero-order valence-electron chi connectivity index (χ0n) is 34.0. The molecule has 2 nitrogen and oxygen atoms in total. The predicted molar refractivity (Wildman–Crippen MR) is 240 cm³/mol. The third-order valence-corrected chi connectivity index (χ3v) is 11.7. The molecule has 326 valence electrons. The second-order valence-corrected chi connectivity index (χ2v) is 15.7. The molecule has 10 rings (SSSR count). The fourth-order valence-corrected chi connectivity index (χ4v) is 8.67. The van der Waals surface area contributed by atoms with E-state index in [1.807, 2.05) is 36.4 Å². The van der Waals surface area contributed by atoms with Gasteiger partial charge in [0.2, 0.25) is 0 Å². The van der Waals surface area contributed by atoms with Gasteiger partial charge in [0.05, 0.1) is 33.9 Å². The highest BCUT2D eigenvalue weighted by atomic mass is 19.4. The van der Waals surface area contributed by atoms with Gasteiger partial charge in [0, 0.05) is 45.4 Å². The molecule has 0 radical (unpaired) electrons. The van der Waals surface area contributed by atoms with Gasteiger partial charge in [0.15, 0.2) is 0 Å². The number of para-hydroxylation sites is 2. The minimum Gasteiger partial charge on any atom is -0.307 e. The van der Waals surface area contributed by atoms with E-state index in [1.54, 1.807) is 82.6 Å². The van der Waals surface area contributed by atoms with Crippen LogP contribution in [0.1, 0.15) is 11.1 Å². The largest absolute Gasteiger partial charge is 0.416 e. The Labute approximate surface area is 370 Å². The Balaban J connectivity index is 1.18. The fourth-order valence-electron chi connectivity index (χ4n) is 8.67. The minimum atomic E-state index is -4.62. The number of nitrogens with zero attached hydrogens (tertiary/aromatic N) is 2. The predicted octanol–water partition coefficient (Wildman–Crippen LogP) is 17.5. The van der Waals surface area contributed by atoms with E-state index >= 15 is 17.6 Å². The van der Waals surface area contributed by atoms with Gasteiger partial charge in [-0.1, -0.05) is 97.1 Å². The molecule has 0 aliphatic rings. The van der Waals surface area contributed by atoms with E-state index in [2.05, 4.69) is 0 Å². The van der Waals surface area contributed by atoms with Crippen LogP contribution in [0.25, 0.3) is 54.6 Å². The summed E-state index contributed by atoms with van der Waals surface area (Å²) in [6.07, 6.45) is -9.24. The average Bonchev–Trinajstić information content (AvgIpc) is 3.30. The molecule has 0 aliphatic carbocycles. The first-order valence-electron chi connectivity index (χ1n) is 20.4. The Morgan fingerprint density at radius 1 is 0.318 bits per heavy atom. The van der Waals surface area contributed by atoms with Crippen molar-refractivity contribution in [2.45, 2.75) is 12.4 Å². The zero-order chi connectivity index (χ0) is 46.1. The maximum atomic E-state index is 16.4. The first-order chi connectivity index (χ1) is 31.7. The summed E-state index contributed by atoms with van der Waals surface area (Å²) in [4.78, 5) is 3.23. The molecule has 10 aromatic rings. The second-order valence-electron chi connectivity index (χ2n) is 15.7. The van der Waals surface area contributed by atoms with E-state index in [1.165, 1.54) is 12.1 Å². The highest BCUT2D eigenvalue weighted by Gasteiger charge is 2.32. The van der Waals surface area contributed by atoms with Gasteiger partial charge < -0.3 is 9.80 Å². The molecule has 0 bridgehead atoms. The minimum absolute atomic E-state index is 0.0842. The molecule has 0 fully saturated rings. The van der Waals surface area contributed by atoms with Gasteiger partial charge >= 0.3 is 12.4 Å². The van der Waals surface area contributed by atoms with Crippen molar-refractivity contribution >= 4 is 66.4 Å². The number of benzene rings is 10. The van der Waals surface area contributed by atoms with Crippen molar-refractivity contribution in [1.82, 2.24) is 0 Å². The van der Waals surface area contributed by atoms with Crippen LogP contribution in [0.4, 0.5) is 78.0 Å². The quantitative estimate of drug-likeness (QED) is 0.111. The molecule has 0 spiro atoms. The van der Waals surface area contributed by atoms with Crippen molar-refractivity contribution in [2.75, 3.05) is 9.80 Å². The Bertz CT molecular complexity index is 3190. The monoisotopic (exact) mass is 896 g/mol. The Kier molecular flexibility index (Phi) is 10.2.